The van der Waals surface area contributed by atoms with Crippen molar-refractivity contribution >= 4 is 29.3 Å². The Bertz CT molecular complexity index is 986. The average molecular weight is 359 g/mol. The molecule has 132 valence electrons. The SMILES string of the molecule is CNc1ccc(/C=C2/N=C(c3ccc(F)c(F)c3)OC2=O)cc1[N+](=O)[O-]. The van der Waals surface area contributed by atoms with Crippen molar-refractivity contribution in [3.8, 4) is 0 Å². The number of nitro benzene ring substituents is 1. The number of esters is 1. The number of ether oxygens (including phenoxy) is 1. The number of nitrogens with zero attached hydrogens (tertiary/aromatic N) is 2. The number of anilines is 1. The Morgan fingerprint density at radius 1 is 1.19 bits per heavy atom. The largest absolute Gasteiger partial charge is 0.402 e. The number of hydrogen-bond acceptors (Lipinski definition) is 6. The molecule has 0 saturated carbocycles. The van der Waals surface area contributed by atoms with E-state index >= 15 is 0 Å². The molecule has 0 aromatic heterocycles. The fourth-order valence-corrected chi connectivity index (χ4v) is 2.32. The number of halogens is 2. The number of nitro groups is 1. The molecule has 1 heterocycles. The summed E-state index contributed by atoms with van der Waals surface area (Å²) in [6.45, 7) is 0. The second-order valence-corrected chi connectivity index (χ2v) is 5.25. The predicted octanol–water partition coefficient (Wildman–Crippen LogP) is 3.26. The lowest BCUT2D eigenvalue weighted by molar-refractivity contribution is -0.384. The van der Waals surface area contributed by atoms with Crippen LogP contribution in [-0.4, -0.2) is 23.8 Å². The van der Waals surface area contributed by atoms with Crippen LogP contribution in [0.5, 0.6) is 0 Å². The second-order valence-electron chi connectivity index (χ2n) is 5.25. The minimum absolute atomic E-state index is 0.0946. The highest BCUT2D eigenvalue weighted by Crippen LogP contribution is 2.27. The third-order valence-corrected chi connectivity index (χ3v) is 3.58. The van der Waals surface area contributed by atoms with Gasteiger partial charge in [0.05, 0.1) is 4.92 Å². The lowest BCUT2D eigenvalue weighted by atomic mass is 10.1. The number of cyclic esters (lactones) is 1. The molecule has 9 heteroatoms. The van der Waals surface area contributed by atoms with Gasteiger partial charge in [0.15, 0.2) is 17.3 Å². The minimum Gasteiger partial charge on any atom is -0.402 e. The van der Waals surface area contributed by atoms with Gasteiger partial charge in [-0.2, -0.15) is 0 Å². The molecule has 0 spiro atoms. The van der Waals surface area contributed by atoms with Gasteiger partial charge >= 0.3 is 5.97 Å². The summed E-state index contributed by atoms with van der Waals surface area (Å²) in [5, 5.41) is 13.8. The zero-order valence-corrected chi connectivity index (χ0v) is 13.3. The van der Waals surface area contributed by atoms with Crippen LogP contribution < -0.4 is 5.32 Å². The third-order valence-electron chi connectivity index (χ3n) is 3.58. The van der Waals surface area contributed by atoms with Crippen LogP contribution in [0.2, 0.25) is 0 Å². The second kappa shape index (κ2) is 6.71. The van der Waals surface area contributed by atoms with Gasteiger partial charge < -0.3 is 10.1 Å². The van der Waals surface area contributed by atoms with Gasteiger partial charge in [0.1, 0.15) is 5.69 Å². The van der Waals surface area contributed by atoms with Crippen LogP contribution in [0.4, 0.5) is 20.2 Å². The van der Waals surface area contributed by atoms with E-state index in [1.165, 1.54) is 24.3 Å². The highest BCUT2D eigenvalue weighted by Gasteiger charge is 2.25. The molecule has 26 heavy (non-hydrogen) atoms. The van der Waals surface area contributed by atoms with Gasteiger partial charge in [0, 0.05) is 18.7 Å². The van der Waals surface area contributed by atoms with Gasteiger partial charge in [-0.1, -0.05) is 6.07 Å². The summed E-state index contributed by atoms with van der Waals surface area (Å²) in [5.41, 5.74) is 0.487. The van der Waals surface area contributed by atoms with E-state index in [1.54, 1.807) is 13.1 Å². The lowest BCUT2D eigenvalue weighted by Gasteiger charge is -2.02. The van der Waals surface area contributed by atoms with Gasteiger partial charge in [-0.3, -0.25) is 10.1 Å². The average Bonchev–Trinajstić information content (AvgIpc) is 2.98. The van der Waals surface area contributed by atoms with E-state index in [0.717, 1.165) is 12.1 Å². The van der Waals surface area contributed by atoms with Crippen LogP contribution in [0.25, 0.3) is 6.08 Å². The molecule has 0 aliphatic carbocycles. The van der Waals surface area contributed by atoms with Crippen molar-refractivity contribution in [1.82, 2.24) is 0 Å². The number of carbonyl (C=O) groups is 1. The molecule has 0 radical (unpaired) electrons. The predicted molar refractivity (Wildman–Crippen MR) is 89.6 cm³/mol. The first-order valence-corrected chi connectivity index (χ1v) is 7.33. The van der Waals surface area contributed by atoms with Crippen molar-refractivity contribution in [2.75, 3.05) is 12.4 Å². The molecule has 3 rings (SSSR count). The Kier molecular flexibility index (Phi) is 4.44. The maximum atomic E-state index is 13.3. The quantitative estimate of drug-likeness (QED) is 0.391. The number of nitrogens with one attached hydrogen (secondary N) is 1. The fraction of sp³-hybridized carbons (Fsp3) is 0.0588. The highest BCUT2D eigenvalue weighted by molar-refractivity contribution is 6.12. The molecule has 1 N–H and O–H groups in total. The van der Waals surface area contributed by atoms with Gasteiger partial charge in [-0.25, -0.2) is 18.6 Å². The first-order valence-electron chi connectivity index (χ1n) is 7.33. The number of carbonyl (C=O) groups excluding carboxylic acids is 1. The first kappa shape index (κ1) is 17.2. The summed E-state index contributed by atoms with van der Waals surface area (Å²) < 4.78 is 31.3. The van der Waals surface area contributed by atoms with E-state index in [9.17, 15) is 23.7 Å². The van der Waals surface area contributed by atoms with Crippen molar-refractivity contribution in [3.05, 3.63) is 75.0 Å². The molecule has 0 unspecified atom stereocenters. The maximum Gasteiger partial charge on any atom is 0.363 e. The Labute approximate surface area is 145 Å². The third kappa shape index (κ3) is 3.27. The summed E-state index contributed by atoms with van der Waals surface area (Å²) >= 11 is 0. The zero-order chi connectivity index (χ0) is 18.8. The zero-order valence-electron chi connectivity index (χ0n) is 13.3. The molecule has 1 aliphatic heterocycles. The van der Waals surface area contributed by atoms with Crippen LogP contribution in [0.15, 0.2) is 47.1 Å². The van der Waals surface area contributed by atoms with E-state index in [2.05, 4.69) is 10.3 Å². The normalized spacial score (nSPS) is 15.0. The van der Waals surface area contributed by atoms with Crippen LogP contribution in [-0.2, 0) is 9.53 Å². The molecule has 2 aromatic rings. The molecular formula is C17H11F2N3O4. The van der Waals surface area contributed by atoms with Gasteiger partial charge in [-0.15, -0.1) is 0 Å². The van der Waals surface area contributed by atoms with Crippen LogP contribution in [0.3, 0.4) is 0 Å². The topological polar surface area (TPSA) is 93.8 Å². The van der Waals surface area contributed by atoms with Crippen molar-refractivity contribution in [2.24, 2.45) is 4.99 Å². The monoisotopic (exact) mass is 359 g/mol. The molecule has 0 bridgehead atoms. The number of hydrogen-bond donors (Lipinski definition) is 1. The molecule has 0 atom stereocenters. The van der Waals surface area contributed by atoms with Crippen LogP contribution in [0, 0.1) is 21.7 Å². The lowest BCUT2D eigenvalue weighted by Crippen LogP contribution is -2.06. The molecule has 2 aromatic carbocycles. The van der Waals surface area contributed by atoms with Crippen molar-refractivity contribution < 1.29 is 23.2 Å². The first-order chi connectivity index (χ1) is 12.4. The summed E-state index contributed by atoms with van der Waals surface area (Å²) in [6, 6.07) is 7.30. The van der Waals surface area contributed by atoms with Gasteiger partial charge in [-0.05, 0) is 35.9 Å². The summed E-state index contributed by atoms with van der Waals surface area (Å²) in [6.07, 6.45) is 1.31. The van der Waals surface area contributed by atoms with Crippen molar-refractivity contribution in [3.63, 3.8) is 0 Å². The van der Waals surface area contributed by atoms with E-state index < -0.39 is 22.5 Å². The molecule has 0 amide bonds. The molecule has 0 saturated heterocycles. The Morgan fingerprint density at radius 2 is 1.96 bits per heavy atom. The Morgan fingerprint density at radius 3 is 2.62 bits per heavy atom. The molecule has 1 aliphatic rings. The molecular weight excluding hydrogens is 348 g/mol. The highest BCUT2D eigenvalue weighted by atomic mass is 19.2. The number of aliphatic imine (C=N–C) groups is 1. The summed E-state index contributed by atoms with van der Waals surface area (Å²) in [7, 11) is 1.55. The van der Waals surface area contributed by atoms with E-state index in [-0.39, 0.29) is 22.8 Å². The molecule has 0 fully saturated rings. The molecule has 7 nitrogen and oxygen atoms in total. The number of benzene rings is 2. The Balaban J connectivity index is 1.97. The minimum atomic E-state index is -1.10. The summed E-state index contributed by atoms with van der Waals surface area (Å²) in [5.74, 6) is -3.12. The van der Waals surface area contributed by atoms with Crippen molar-refractivity contribution in [2.45, 2.75) is 0 Å². The van der Waals surface area contributed by atoms with E-state index in [1.807, 2.05) is 0 Å². The fourth-order valence-electron chi connectivity index (χ4n) is 2.32. The summed E-state index contributed by atoms with van der Waals surface area (Å²) in [4.78, 5) is 26.4. The van der Waals surface area contributed by atoms with Crippen LogP contribution in [0.1, 0.15) is 11.1 Å². The number of rotatable bonds is 4. The maximum absolute atomic E-state index is 13.3. The van der Waals surface area contributed by atoms with Gasteiger partial charge in [0.2, 0.25) is 5.90 Å². The van der Waals surface area contributed by atoms with Crippen LogP contribution >= 0.6 is 0 Å². The van der Waals surface area contributed by atoms with Gasteiger partial charge in [0.25, 0.3) is 5.69 Å². The smallest absolute Gasteiger partial charge is 0.363 e. The Hall–Kier alpha value is -3.62. The van der Waals surface area contributed by atoms with E-state index in [4.69, 9.17) is 4.74 Å². The van der Waals surface area contributed by atoms with Crippen molar-refractivity contribution in [1.29, 1.82) is 0 Å². The standard InChI is InChI=1S/C17H11F2N3O4/c1-20-13-5-2-9(7-15(13)22(24)25)6-14-17(23)26-16(21-14)10-3-4-11(18)12(19)8-10/h2-8,20H,1H3/b14-6+. The van der Waals surface area contributed by atoms with E-state index in [0.29, 0.717) is 11.3 Å².